The summed E-state index contributed by atoms with van der Waals surface area (Å²) in [5.74, 6) is -0.310. The number of carbonyl (C=O) groups is 1. The number of rotatable bonds is 16. The fourth-order valence-electron chi connectivity index (χ4n) is 4.22. The molecular weight excluding hydrogens is 394 g/mol. The SMILES string of the molecule is CCCCCCCCCCCCc1cnc(C(=O)O)c(-c2ccc(C[C@@H](C)CC)cc2)c1. The first-order valence-electron chi connectivity index (χ1n) is 12.9. The van der Waals surface area contributed by atoms with Crippen molar-refractivity contribution in [3.8, 4) is 11.1 Å². The molecule has 0 saturated carbocycles. The first kappa shape index (κ1) is 26.1. The molecule has 2 aromatic rings. The molecule has 0 radical (unpaired) electrons. The Balaban J connectivity index is 1.89. The molecule has 1 aromatic heterocycles. The van der Waals surface area contributed by atoms with Crippen molar-refractivity contribution in [2.24, 2.45) is 5.92 Å². The van der Waals surface area contributed by atoms with Crippen LogP contribution in [0.1, 0.15) is 113 Å². The number of hydrogen-bond donors (Lipinski definition) is 1. The second-order valence-corrected chi connectivity index (χ2v) is 9.39. The summed E-state index contributed by atoms with van der Waals surface area (Å²) < 4.78 is 0. The van der Waals surface area contributed by atoms with Crippen molar-refractivity contribution in [3.63, 3.8) is 0 Å². The first-order chi connectivity index (χ1) is 15.5. The summed E-state index contributed by atoms with van der Waals surface area (Å²) in [4.78, 5) is 16.0. The molecule has 0 fully saturated rings. The highest BCUT2D eigenvalue weighted by Crippen LogP contribution is 2.26. The molecule has 176 valence electrons. The number of hydrogen-bond acceptors (Lipinski definition) is 2. The summed E-state index contributed by atoms with van der Waals surface area (Å²) in [6.45, 7) is 6.74. The van der Waals surface area contributed by atoms with Crippen LogP contribution in [-0.2, 0) is 12.8 Å². The topological polar surface area (TPSA) is 50.2 Å². The van der Waals surface area contributed by atoms with Gasteiger partial charge in [-0.2, -0.15) is 0 Å². The van der Waals surface area contributed by atoms with E-state index in [4.69, 9.17) is 0 Å². The number of pyridine rings is 1. The standard InChI is InChI=1S/C29H43NO2/c1-4-6-7-8-9-10-11-12-13-14-15-25-21-27(28(29(31)32)30-22-25)26-18-16-24(17-19-26)20-23(3)5-2/h16-19,21-23H,4-15,20H2,1-3H3,(H,31,32)/t23-/m0/s1. The minimum atomic E-state index is -0.964. The van der Waals surface area contributed by atoms with Crippen LogP contribution in [0.2, 0.25) is 0 Å². The molecule has 32 heavy (non-hydrogen) atoms. The summed E-state index contributed by atoms with van der Waals surface area (Å²) in [7, 11) is 0. The van der Waals surface area contributed by atoms with Crippen LogP contribution in [0.15, 0.2) is 36.5 Å². The van der Waals surface area contributed by atoms with Crippen LogP contribution in [-0.4, -0.2) is 16.1 Å². The lowest BCUT2D eigenvalue weighted by atomic mass is 9.95. The largest absolute Gasteiger partial charge is 0.476 e. The van der Waals surface area contributed by atoms with Gasteiger partial charge in [0.2, 0.25) is 0 Å². The molecule has 0 amide bonds. The highest BCUT2D eigenvalue weighted by molar-refractivity contribution is 5.94. The van der Waals surface area contributed by atoms with Crippen molar-refractivity contribution in [1.29, 1.82) is 0 Å². The number of benzene rings is 1. The molecule has 1 aromatic carbocycles. The Morgan fingerprint density at radius 2 is 1.47 bits per heavy atom. The van der Waals surface area contributed by atoms with Crippen LogP contribution in [0.5, 0.6) is 0 Å². The molecule has 1 heterocycles. The third-order valence-electron chi connectivity index (χ3n) is 6.51. The minimum absolute atomic E-state index is 0.145. The number of carboxylic acids is 1. The molecule has 0 aliphatic carbocycles. The van der Waals surface area contributed by atoms with Gasteiger partial charge in [0.1, 0.15) is 0 Å². The minimum Gasteiger partial charge on any atom is -0.476 e. The third-order valence-corrected chi connectivity index (χ3v) is 6.51. The maximum Gasteiger partial charge on any atom is 0.355 e. The highest BCUT2D eigenvalue weighted by Gasteiger charge is 2.14. The molecule has 0 bridgehead atoms. The van der Waals surface area contributed by atoms with E-state index in [-0.39, 0.29) is 5.69 Å². The number of aromatic carboxylic acids is 1. The maximum absolute atomic E-state index is 11.7. The normalized spacial score (nSPS) is 12.1. The second kappa shape index (κ2) is 14.8. The van der Waals surface area contributed by atoms with Crippen LogP contribution in [0.25, 0.3) is 11.1 Å². The van der Waals surface area contributed by atoms with Gasteiger partial charge < -0.3 is 5.11 Å². The summed E-state index contributed by atoms with van der Waals surface area (Å²) in [6, 6.07) is 10.4. The van der Waals surface area contributed by atoms with E-state index in [2.05, 4.69) is 37.9 Å². The van der Waals surface area contributed by atoms with Crippen LogP contribution >= 0.6 is 0 Å². The summed E-state index contributed by atoms with van der Waals surface area (Å²) in [5, 5.41) is 9.63. The predicted molar refractivity (Wildman–Crippen MR) is 135 cm³/mol. The summed E-state index contributed by atoms with van der Waals surface area (Å²) >= 11 is 0. The van der Waals surface area contributed by atoms with E-state index < -0.39 is 5.97 Å². The van der Waals surface area contributed by atoms with Gasteiger partial charge in [0.15, 0.2) is 5.69 Å². The number of carboxylic acid groups (broad SMARTS) is 1. The monoisotopic (exact) mass is 437 g/mol. The van der Waals surface area contributed by atoms with Gasteiger partial charge in [-0.25, -0.2) is 9.78 Å². The quantitative estimate of drug-likeness (QED) is 0.268. The van der Waals surface area contributed by atoms with Gasteiger partial charge >= 0.3 is 5.97 Å². The van der Waals surface area contributed by atoms with E-state index in [9.17, 15) is 9.90 Å². The van der Waals surface area contributed by atoms with Gasteiger partial charge in [0, 0.05) is 11.8 Å². The van der Waals surface area contributed by atoms with Crippen molar-refractivity contribution >= 4 is 5.97 Å². The van der Waals surface area contributed by atoms with Gasteiger partial charge in [-0.3, -0.25) is 0 Å². The lowest BCUT2D eigenvalue weighted by Gasteiger charge is -2.11. The molecule has 0 saturated heterocycles. The Labute approximate surface area is 195 Å². The number of aromatic nitrogens is 1. The first-order valence-corrected chi connectivity index (χ1v) is 12.9. The Morgan fingerprint density at radius 1 is 0.875 bits per heavy atom. The van der Waals surface area contributed by atoms with E-state index in [1.165, 1.54) is 63.4 Å². The molecule has 3 heteroatoms. The smallest absolute Gasteiger partial charge is 0.355 e. The van der Waals surface area contributed by atoms with E-state index in [0.717, 1.165) is 42.4 Å². The molecular formula is C29H43NO2. The zero-order valence-electron chi connectivity index (χ0n) is 20.5. The molecule has 1 atom stereocenters. The molecule has 0 unspecified atom stereocenters. The molecule has 2 rings (SSSR count). The van der Waals surface area contributed by atoms with E-state index in [0.29, 0.717) is 5.92 Å². The molecule has 0 spiro atoms. The van der Waals surface area contributed by atoms with Gasteiger partial charge in [-0.1, -0.05) is 109 Å². The van der Waals surface area contributed by atoms with Crippen molar-refractivity contribution in [1.82, 2.24) is 4.98 Å². The zero-order valence-corrected chi connectivity index (χ0v) is 20.5. The van der Waals surface area contributed by atoms with Gasteiger partial charge in [0.05, 0.1) is 0 Å². The van der Waals surface area contributed by atoms with E-state index in [1.807, 2.05) is 18.2 Å². The fourth-order valence-corrected chi connectivity index (χ4v) is 4.22. The maximum atomic E-state index is 11.7. The van der Waals surface area contributed by atoms with E-state index >= 15 is 0 Å². The van der Waals surface area contributed by atoms with Crippen LogP contribution in [0.4, 0.5) is 0 Å². The molecule has 0 aliphatic heterocycles. The average Bonchev–Trinajstić information content (AvgIpc) is 2.80. The van der Waals surface area contributed by atoms with Crippen molar-refractivity contribution in [3.05, 3.63) is 53.3 Å². The molecule has 3 nitrogen and oxygen atoms in total. The third kappa shape index (κ3) is 9.14. The van der Waals surface area contributed by atoms with Crippen molar-refractivity contribution in [2.45, 2.75) is 104 Å². The van der Waals surface area contributed by atoms with E-state index in [1.54, 1.807) is 6.20 Å². The molecule has 0 aliphatic rings. The van der Waals surface area contributed by atoms with Gasteiger partial charge in [-0.05, 0) is 47.9 Å². The Kier molecular flexibility index (Phi) is 12.1. The zero-order chi connectivity index (χ0) is 23.2. The number of nitrogens with zero attached hydrogens (tertiary/aromatic N) is 1. The summed E-state index contributed by atoms with van der Waals surface area (Å²) in [6.07, 6.45) is 18.1. The highest BCUT2D eigenvalue weighted by atomic mass is 16.4. The number of unbranched alkanes of at least 4 members (excludes halogenated alkanes) is 9. The second-order valence-electron chi connectivity index (χ2n) is 9.39. The lowest BCUT2D eigenvalue weighted by molar-refractivity contribution is 0.0691. The van der Waals surface area contributed by atoms with Crippen molar-refractivity contribution in [2.75, 3.05) is 0 Å². The Morgan fingerprint density at radius 3 is 2.03 bits per heavy atom. The Hall–Kier alpha value is -2.16. The van der Waals surface area contributed by atoms with Gasteiger partial charge in [0.25, 0.3) is 0 Å². The van der Waals surface area contributed by atoms with Crippen LogP contribution in [0, 0.1) is 5.92 Å². The number of aryl methyl sites for hydroxylation is 1. The van der Waals surface area contributed by atoms with Crippen LogP contribution < -0.4 is 0 Å². The average molecular weight is 438 g/mol. The van der Waals surface area contributed by atoms with Crippen LogP contribution in [0.3, 0.4) is 0 Å². The van der Waals surface area contributed by atoms with Gasteiger partial charge in [-0.15, -0.1) is 0 Å². The fraction of sp³-hybridized carbons (Fsp3) is 0.586. The predicted octanol–water partition coefficient (Wildman–Crippen LogP) is 8.50. The summed E-state index contributed by atoms with van der Waals surface area (Å²) in [5.41, 5.74) is 4.25. The Bertz CT molecular complexity index is 797. The lowest BCUT2D eigenvalue weighted by Crippen LogP contribution is -2.05. The van der Waals surface area contributed by atoms with Crippen molar-refractivity contribution < 1.29 is 9.90 Å². The molecule has 1 N–H and O–H groups in total.